The maximum Gasteiger partial charge on any atom is 0.306 e. The summed E-state index contributed by atoms with van der Waals surface area (Å²) in [6, 6.07) is 12.8. The second-order valence-corrected chi connectivity index (χ2v) is 6.64. The molecular weight excluding hydrogens is 412 g/mol. The molecule has 0 aliphatic carbocycles. The molecule has 2 N–H and O–H groups in total. The average molecular weight is 433 g/mol. The van der Waals surface area contributed by atoms with E-state index in [1.165, 1.54) is 19.1 Å². The van der Waals surface area contributed by atoms with Crippen LogP contribution < -0.4 is 15.6 Å². The van der Waals surface area contributed by atoms with E-state index in [0.29, 0.717) is 28.3 Å². The predicted octanol–water partition coefficient (Wildman–Crippen LogP) is 2.71. The first-order valence-electron chi connectivity index (χ1n) is 9.09. The number of ether oxygens (including phenoxy) is 2. The van der Waals surface area contributed by atoms with Gasteiger partial charge in [0.05, 0.1) is 6.61 Å². The van der Waals surface area contributed by atoms with Crippen molar-refractivity contribution in [3.8, 4) is 5.75 Å². The first-order chi connectivity index (χ1) is 14.3. The average Bonchev–Trinajstić information content (AvgIpc) is 2.74. The summed E-state index contributed by atoms with van der Waals surface area (Å²) in [6.07, 6.45) is 0.457. The number of carbonyl (C=O) groups is 4. The van der Waals surface area contributed by atoms with Crippen LogP contribution in [0.15, 0.2) is 48.5 Å². The zero-order valence-corrected chi connectivity index (χ0v) is 17.0. The molecule has 0 aromatic heterocycles. The van der Waals surface area contributed by atoms with Gasteiger partial charge in [-0.2, -0.15) is 0 Å². The third-order valence-electron chi connectivity index (χ3n) is 3.84. The summed E-state index contributed by atoms with van der Waals surface area (Å²) < 4.78 is 10.3. The van der Waals surface area contributed by atoms with Crippen molar-refractivity contribution in [2.75, 3.05) is 13.2 Å². The molecule has 0 saturated carbocycles. The van der Waals surface area contributed by atoms with Gasteiger partial charge in [-0.05, 0) is 61.9 Å². The van der Waals surface area contributed by atoms with Crippen LogP contribution in [0.5, 0.6) is 5.75 Å². The Hall–Kier alpha value is -3.39. The van der Waals surface area contributed by atoms with Crippen molar-refractivity contribution >= 4 is 35.2 Å². The van der Waals surface area contributed by atoms with Crippen LogP contribution in [0.1, 0.15) is 40.5 Å². The van der Waals surface area contributed by atoms with Crippen LogP contribution in [0, 0.1) is 0 Å². The molecule has 0 atom stereocenters. The fraction of sp³-hybridized carbons (Fsp3) is 0.238. The SMILES string of the molecule is CC(=O)c1ccc(OCCCC(=O)OCC(=O)NNC(=O)c2ccc(Cl)cc2)cc1. The number of hydrogen-bond donors (Lipinski definition) is 2. The molecule has 0 saturated heterocycles. The maximum atomic E-state index is 11.8. The Balaban J connectivity index is 1.58. The predicted molar refractivity (Wildman–Crippen MR) is 109 cm³/mol. The van der Waals surface area contributed by atoms with Gasteiger partial charge < -0.3 is 9.47 Å². The van der Waals surface area contributed by atoms with E-state index in [1.807, 2.05) is 0 Å². The Morgan fingerprint density at radius 2 is 1.53 bits per heavy atom. The van der Waals surface area contributed by atoms with Crippen molar-refractivity contribution in [1.82, 2.24) is 10.9 Å². The van der Waals surface area contributed by atoms with Crippen LogP contribution in [0.25, 0.3) is 0 Å². The van der Waals surface area contributed by atoms with E-state index < -0.39 is 24.4 Å². The van der Waals surface area contributed by atoms with Gasteiger partial charge in [-0.1, -0.05) is 11.6 Å². The number of hydrogen-bond acceptors (Lipinski definition) is 6. The lowest BCUT2D eigenvalue weighted by Crippen LogP contribution is -2.43. The number of esters is 1. The fourth-order valence-electron chi connectivity index (χ4n) is 2.25. The van der Waals surface area contributed by atoms with E-state index in [2.05, 4.69) is 10.9 Å². The Bertz CT molecular complexity index is 897. The number of nitrogens with one attached hydrogen (secondary N) is 2. The second-order valence-electron chi connectivity index (χ2n) is 6.20. The van der Waals surface area contributed by atoms with Crippen LogP contribution in [0.2, 0.25) is 5.02 Å². The van der Waals surface area contributed by atoms with E-state index in [1.54, 1.807) is 36.4 Å². The van der Waals surface area contributed by atoms with E-state index in [4.69, 9.17) is 21.1 Å². The molecule has 0 aliphatic heterocycles. The van der Waals surface area contributed by atoms with Gasteiger partial charge in [-0.3, -0.25) is 30.0 Å². The molecule has 8 nitrogen and oxygen atoms in total. The minimum absolute atomic E-state index is 0.0297. The zero-order chi connectivity index (χ0) is 21.9. The van der Waals surface area contributed by atoms with Crippen molar-refractivity contribution in [2.45, 2.75) is 19.8 Å². The molecule has 0 unspecified atom stereocenters. The summed E-state index contributed by atoms with van der Waals surface area (Å²) in [6.45, 7) is 1.24. The highest BCUT2D eigenvalue weighted by Gasteiger charge is 2.10. The standard InChI is InChI=1S/C21H21ClN2O6/c1-14(25)15-6-10-18(11-7-15)29-12-2-3-20(27)30-13-19(26)23-24-21(28)16-4-8-17(22)9-5-16/h4-11H,2-3,12-13H2,1H3,(H,23,26)(H,24,28). The summed E-state index contributed by atoms with van der Waals surface area (Å²) in [7, 11) is 0. The summed E-state index contributed by atoms with van der Waals surface area (Å²) in [5, 5.41) is 0.485. The number of Topliss-reactive ketones (excluding diaryl/α,β-unsaturated/α-hetero) is 1. The molecule has 0 spiro atoms. The monoisotopic (exact) mass is 432 g/mol. The first kappa shape index (κ1) is 22.9. The lowest BCUT2D eigenvalue weighted by atomic mass is 10.1. The van der Waals surface area contributed by atoms with E-state index in [9.17, 15) is 19.2 Å². The number of halogens is 1. The van der Waals surface area contributed by atoms with Crippen LogP contribution in [0.3, 0.4) is 0 Å². The molecule has 0 fully saturated rings. The zero-order valence-electron chi connectivity index (χ0n) is 16.3. The van der Waals surface area contributed by atoms with Crippen LogP contribution >= 0.6 is 11.6 Å². The van der Waals surface area contributed by atoms with Gasteiger partial charge in [0.25, 0.3) is 11.8 Å². The summed E-state index contributed by atoms with van der Waals surface area (Å²) in [4.78, 5) is 46.4. The molecule has 158 valence electrons. The quantitative estimate of drug-likeness (QED) is 0.273. The van der Waals surface area contributed by atoms with Gasteiger partial charge in [-0.25, -0.2) is 0 Å². The molecule has 0 aliphatic rings. The van der Waals surface area contributed by atoms with Crippen molar-refractivity contribution in [3.05, 3.63) is 64.7 Å². The molecule has 9 heteroatoms. The lowest BCUT2D eigenvalue weighted by Gasteiger charge is -2.09. The van der Waals surface area contributed by atoms with Crippen LogP contribution in [-0.4, -0.2) is 36.8 Å². The van der Waals surface area contributed by atoms with E-state index in [0.717, 1.165) is 0 Å². The van der Waals surface area contributed by atoms with Gasteiger partial charge in [0.1, 0.15) is 5.75 Å². The Morgan fingerprint density at radius 1 is 0.900 bits per heavy atom. The molecule has 2 aromatic carbocycles. The highest BCUT2D eigenvalue weighted by atomic mass is 35.5. The molecule has 0 heterocycles. The Kier molecular flexibility index (Phi) is 8.83. The van der Waals surface area contributed by atoms with Crippen molar-refractivity contribution in [3.63, 3.8) is 0 Å². The molecule has 30 heavy (non-hydrogen) atoms. The Morgan fingerprint density at radius 3 is 2.17 bits per heavy atom. The number of hydrazine groups is 1. The van der Waals surface area contributed by atoms with E-state index in [-0.39, 0.29) is 18.8 Å². The summed E-state index contributed by atoms with van der Waals surface area (Å²) >= 11 is 5.74. The molecule has 0 radical (unpaired) electrons. The molecule has 0 bridgehead atoms. The topological polar surface area (TPSA) is 111 Å². The molecular formula is C21H21ClN2O6. The highest BCUT2D eigenvalue weighted by molar-refractivity contribution is 6.30. The third kappa shape index (κ3) is 7.92. The normalized spacial score (nSPS) is 10.1. The number of benzene rings is 2. The number of carbonyl (C=O) groups excluding carboxylic acids is 4. The third-order valence-corrected chi connectivity index (χ3v) is 4.09. The van der Waals surface area contributed by atoms with Gasteiger partial charge in [-0.15, -0.1) is 0 Å². The summed E-state index contributed by atoms with van der Waals surface area (Å²) in [5.41, 5.74) is 5.27. The number of rotatable bonds is 9. The van der Waals surface area contributed by atoms with Crippen LogP contribution in [-0.2, 0) is 14.3 Å². The minimum Gasteiger partial charge on any atom is -0.494 e. The van der Waals surface area contributed by atoms with Gasteiger partial charge in [0.15, 0.2) is 12.4 Å². The largest absolute Gasteiger partial charge is 0.494 e. The van der Waals surface area contributed by atoms with Crippen molar-refractivity contribution < 1.29 is 28.7 Å². The maximum absolute atomic E-state index is 11.8. The van der Waals surface area contributed by atoms with Crippen LogP contribution in [0.4, 0.5) is 0 Å². The van der Waals surface area contributed by atoms with Gasteiger partial charge in [0, 0.05) is 22.6 Å². The number of ketones is 1. The van der Waals surface area contributed by atoms with Crippen molar-refractivity contribution in [2.24, 2.45) is 0 Å². The molecule has 2 rings (SSSR count). The highest BCUT2D eigenvalue weighted by Crippen LogP contribution is 2.13. The fourth-order valence-corrected chi connectivity index (χ4v) is 2.37. The smallest absolute Gasteiger partial charge is 0.306 e. The van der Waals surface area contributed by atoms with Gasteiger partial charge in [0.2, 0.25) is 0 Å². The second kappa shape index (κ2) is 11.6. The van der Waals surface area contributed by atoms with E-state index >= 15 is 0 Å². The summed E-state index contributed by atoms with van der Waals surface area (Å²) in [5.74, 6) is -1.21. The number of amides is 2. The minimum atomic E-state index is -0.674. The molecule has 2 aromatic rings. The van der Waals surface area contributed by atoms with Crippen molar-refractivity contribution in [1.29, 1.82) is 0 Å². The Labute approximate surface area is 178 Å². The first-order valence-corrected chi connectivity index (χ1v) is 9.47. The molecule has 2 amide bonds. The lowest BCUT2D eigenvalue weighted by molar-refractivity contribution is -0.148. The van der Waals surface area contributed by atoms with Gasteiger partial charge >= 0.3 is 5.97 Å².